The third kappa shape index (κ3) is 2.54. The molecule has 0 aliphatic rings. The average Bonchev–Trinajstić information content (AvgIpc) is 2.83. The summed E-state index contributed by atoms with van der Waals surface area (Å²) in [5.74, 6) is 5.67. The number of nitrogens with zero attached hydrogens (tertiary/aromatic N) is 2. The zero-order valence-electron chi connectivity index (χ0n) is 10.3. The molecular weight excluding hydrogens is 268 g/mol. The number of nitrogens with two attached hydrogens (primary N) is 1. The van der Waals surface area contributed by atoms with E-state index in [1.54, 1.807) is 0 Å². The van der Waals surface area contributed by atoms with Crippen LogP contribution in [-0.2, 0) is 6.42 Å². The van der Waals surface area contributed by atoms with Crippen LogP contribution in [0.25, 0.3) is 0 Å². The smallest absolute Gasteiger partial charge is 0.0838 e. The maximum absolute atomic E-state index is 6.15. The molecule has 1 aromatic carbocycles. The van der Waals surface area contributed by atoms with Gasteiger partial charge in [-0.25, -0.2) is 5.43 Å². The van der Waals surface area contributed by atoms with Crippen molar-refractivity contribution in [3.05, 3.63) is 44.9 Å². The Morgan fingerprint density at radius 1 is 1.50 bits per heavy atom. The molecule has 0 bridgehead atoms. The van der Waals surface area contributed by atoms with Crippen molar-refractivity contribution in [3.8, 4) is 0 Å². The van der Waals surface area contributed by atoms with Gasteiger partial charge in [-0.05, 0) is 42.1 Å². The van der Waals surface area contributed by atoms with Crippen molar-refractivity contribution in [3.63, 3.8) is 0 Å². The van der Waals surface area contributed by atoms with Gasteiger partial charge in [-0.3, -0.25) is 5.84 Å². The van der Waals surface area contributed by atoms with E-state index in [2.05, 4.69) is 21.9 Å². The lowest BCUT2D eigenvalue weighted by molar-refractivity contribution is 0.639. The summed E-state index contributed by atoms with van der Waals surface area (Å²) in [5, 5.41) is 4.85. The topological polar surface area (TPSA) is 63.8 Å². The normalized spacial score (nSPS) is 12.7. The van der Waals surface area contributed by atoms with E-state index in [9.17, 15) is 0 Å². The van der Waals surface area contributed by atoms with Crippen LogP contribution in [0, 0.1) is 6.92 Å². The largest absolute Gasteiger partial charge is 0.271 e. The Balaban J connectivity index is 2.42. The third-order valence-corrected chi connectivity index (χ3v) is 4.12. The summed E-state index contributed by atoms with van der Waals surface area (Å²) >= 11 is 7.52. The predicted molar refractivity (Wildman–Crippen MR) is 74.6 cm³/mol. The molecule has 0 amide bonds. The number of hydrogen-bond acceptors (Lipinski definition) is 5. The first-order chi connectivity index (χ1) is 8.67. The van der Waals surface area contributed by atoms with Gasteiger partial charge in [0.2, 0.25) is 0 Å². The van der Waals surface area contributed by atoms with Crippen LogP contribution in [0.3, 0.4) is 0 Å². The molecule has 0 saturated heterocycles. The number of rotatable bonds is 4. The molecule has 1 atom stereocenters. The third-order valence-electron chi connectivity index (χ3n) is 2.88. The molecule has 96 valence electrons. The molecule has 0 radical (unpaired) electrons. The van der Waals surface area contributed by atoms with Crippen LogP contribution in [0.4, 0.5) is 0 Å². The van der Waals surface area contributed by atoms with Crippen molar-refractivity contribution in [2.45, 2.75) is 26.3 Å². The van der Waals surface area contributed by atoms with E-state index >= 15 is 0 Å². The molecule has 0 saturated carbocycles. The molecule has 0 aliphatic heterocycles. The monoisotopic (exact) mass is 282 g/mol. The molecule has 4 nitrogen and oxygen atoms in total. The molecule has 2 rings (SSSR count). The zero-order chi connectivity index (χ0) is 13.1. The fraction of sp³-hybridized carbons (Fsp3) is 0.333. The molecule has 2 aromatic rings. The minimum atomic E-state index is -0.113. The maximum atomic E-state index is 6.15. The quantitative estimate of drug-likeness (QED) is 0.668. The van der Waals surface area contributed by atoms with Gasteiger partial charge in [-0.15, -0.1) is 5.10 Å². The van der Waals surface area contributed by atoms with Crippen LogP contribution in [0.1, 0.15) is 34.7 Å². The fourth-order valence-electron chi connectivity index (χ4n) is 1.79. The first-order valence-electron chi connectivity index (χ1n) is 5.70. The summed E-state index contributed by atoms with van der Waals surface area (Å²) in [6, 6.07) is 5.83. The first kappa shape index (κ1) is 13.4. The molecule has 1 heterocycles. The average molecular weight is 283 g/mol. The van der Waals surface area contributed by atoms with Gasteiger partial charge in [0.05, 0.1) is 16.6 Å². The Hall–Kier alpha value is -1.01. The van der Waals surface area contributed by atoms with E-state index in [1.165, 1.54) is 11.5 Å². The van der Waals surface area contributed by atoms with Crippen molar-refractivity contribution < 1.29 is 0 Å². The van der Waals surface area contributed by atoms with Crippen LogP contribution in [0.5, 0.6) is 0 Å². The highest BCUT2D eigenvalue weighted by molar-refractivity contribution is 7.05. The van der Waals surface area contributed by atoms with E-state index in [1.807, 2.05) is 25.1 Å². The van der Waals surface area contributed by atoms with Gasteiger partial charge < -0.3 is 0 Å². The molecule has 1 unspecified atom stereocenters. The van der Waals surface area contributed by atoms with E-state index in [4.69, 9.17) is 17.4 Å². The van der Waals surface area contributed by atoms with E-state index in [0.717, 1.165) is 33.1 Å². The second kappa shape index (κ2) is 5.75. The fourth-order valence-corrected chi connectivity index (χ4v) is 2.81. The predicted octanol–water partition coefficient (Wildman–Crippen LogP) is 2.62. The molecular formula is C12H15ClN4S. The van der Waals surface area contributed by atoms with Crippen LogP contribution in [0.2, 0.25) is 5.02 Å². The van der Waals surface area contributed by atoms with Crippen molar-refractivity contribution in [2.75, 3.05) is 0 Å². The minimum Gasteiger partial charge on any atom is -0.271 e. The first-order valence-corrected chi connectivity index (χ1v) is 6.85. The van der Waals surface area contributed by atoms with Crippen molar-refractivity contribution in [1.29, 1.82) is 0 Å². The number of aromatic nitrogens is 2. The molecule has 0 aliphatic carbocycles. The SMILES string of the molecule is CCc1nnsc1C(NN)c1ccc(C)c(Cl)c1. The lowest BCUT2D eigenvalue weighted by atomic mass is 10.0. The zero-order valence-corrected chi connectivity index (χ0v) is 11.8. The molecule has 1 aromatic heterocycles. The molecule has 3 N–H and O–H groups in total. The number of hydrazine groups is 1. The highest BCUT2D eigenvalue weighted by atomic mass is 35.5. The minimum absolute atomic E-state index is 0.113. The summed E-state index contributed by atoms with van der Waals surface area (Å²) in [4.78, 5) is 1.04. The summed E-state index contributed by atoms with van der Waals surface area (Å²) in [7, 11) is 0. The molecule has 6 heteroatoms. The van der Waals surface area contributed by atoms with Crippen LogP contribution < -0.4 is 11.3 Å². The van der Waals surface area contributed by atoms with E-state index in [-0.39, 0.29) is 6.04 Å². The van der Waals surface area contributed by atoms with Crippen molar-refractivity contribution >= 4 is 23.1 Å². The summed E-state index contributed by atoms with van der Waals surface area (Å²) in [5.41, 5.74) is 5.86. The van der Waals surface area contributed by atoms with Crippen molar-refractivity contribution in [1.82, 2.24) is 15.0 Å². The summed E-state index contributed by atoms with van der Waals surface area (Å²) in [6.45, 7) is 4.03. The Morgan fingerprint density at radius 3 is 2.89 bits per heavy atom. The van der Waals surface area contributed by atoms with Crippen molar-refractivity contribution in [2.24, 2.45) is 5.84 Å². The van der Waals surface area contributed by atoms with Crippen LogP contribution in [-0.4, -0.2) is 9.59 Å². The van der Waals surface area contributed by atoms with E-state index < -0.39 is 0 Å². The molecule has 0 spiro atoms. The Kier molecular flexibility index (Phi) is 4.29. The van der Waals surface area contributed by atoms with Gasteiger partial charge in [0.25, 0.3) is 0 Å². The van der Waals surface area contributed by atoms with Gasteiger partial charge in [-0.1, -0.05) is 35.1 Å². The Labute approximate surface area is 115 Å². The van der Waals surface area contributed by atoms with Crippen LogP contribution >= 0.6 is 23.1 Å². The van der Waals surface area contributed by atoms with Crippen LogP contribution in [0.15, 0.2) is 18.2 Å². The van der Waals surface area contributed by atoms with Gasteiger partial charge in [0, 0.05) is 5.02 Å². The standard InChI is InChI=1S/C12H15ClN4S/c1-3-10-12(18-17-16-10)11(15-14)8-5-4-7(2)9(13)6-8/h4-6,11,15H,3,14H2,1-2H3. The highest BCUT2D eigenvalue weighted by Crippen LogP contribution is 2.29. The van der Waals surface area contributed by atoms with Gasteiger partial charge in [-0.2, -0.15) is 0 Å². The maximum Gasteiger partial charge on any atom is 0.0838 e. The number of nitrogens with one attached hydrogen (secondary N) is 1. The number of halogens is 1. The molecule has 18 heavy (non-hydrogen) atoms. The molecule has 0 fully saturated rings. The second-order valence-corrected chi connectivity index (χ2v) is 5.24. The lowest BCUT2D eigenvalue weighted by Crippen LogP contribution is -2.29. The number of aryl methyl sites for hydroxylation is 2. The van der Waals surface area contributed by atoms with Gasteiger partial charge in [0.1, 0.15) is 0 Å². The number of benzene rings is 1. The summed E-state index contributed by atoms with van der Waals surface area (Å²) < 4.78 is 3.99. The van der Waals surface area contributed by atoms with Gasteiger partial charge in [0.15, 0.2) is 0 Å². The van der Waals surface area contributed by atoms with Gasteiger partial charge >= 0.3 is 0 Å². The van der Waals surface area contributed by atoms with E-state index in [0.29, 0.717) is 0 Å². The lowest BCUT2D eigenvalue weighted by Gasteiger charge is -2.16. The summed E-state index contributed by atoms with van der Waals surface area (Å²) in [6.07, 6.45) is 0.837. The Bertz CT molecular complexity index is 541. The second-order valence-electron chi connectivity index (χ2n) is 4.05. The Morgan fingerprint density at radius 2 is 2.28 bits per heavy atom. The number of hydrogen-bond donors (Lipinski definition) is 2. The highest BCUT2D eigenvalue weighted by Gasteiger charge is 2.19.